The van der Waals surface area contributed by atoms with E-state index in [0.29, 0.717) is 23.2 Å². The summed E-state index contributed by atoms with van der Waals surface area (Å²) in [6, 6.07) is 15.4. The topological polar surface area (TPSA) is 65.2 Å². The number of aromatic nitrogens is 1. The fourth-order valence-electron chi connectivity index (χ4n) is 3.82. The Morgan fingerprint density at radius 1 is 1.21 bits per heavy atom. The maximum Gasteiger partial charge on any atom is 0.243 e. The third-order valence-electron chi connectivity index (χ3n) is 5.35. The van der Waals surface area contributed by atoms with Crippen molar-refractivity contribution in [2.24, 2.45) is 0 Å². The first-order valence-electron chi connectivity index (χ1n) is 9.49. The van der Waals surface area contributed by atoms with Crippen LogP contribution in [-0.2, 0) is 9.59 Å². The molecule has 0 saturated carbocycles. The number of hydrogen-bond acceptors (Lipinski definition) is 3. The van der Waals surface area contributed by atoms with Gasteiger partial charge in [0.2, 0.25) is 11.8 Å². The van der Waals surface area contributed by atoms with Crippen molar-refractivity contribution in [3.63, 3.8) is 0 Å². The minimum absolute atomic E-state index is 0.0746. The highest BCUT2D eigenvalue weighted by Gasteiger charge is 2.33. The molecule has 1 fully saturated rings. The third-order valence-corrected chi connectivity index (χ3v) is 6.70. The van der Waals surface area contributed by atoms with Crippen LogP contribution in [0.2, 0.25) is 5.02 Å². The number of thioether (sulfide) groups is 1. The van der Waals surface area contributed by atoms with E-state index in [1.54, 1.807) is 16.7 Å². The highest BCUT2D eigenvalue weighted by Crippen LogP contribution is 2.34. The zero-order valence-electron chi connectivity index (χ0n) is 16.0. The highest BCUT2D eigenvalue weighted by atomic mass is 35.5. The third kappa shape index (κ3) is 4.00. The average molecular weight is 428 g/mol. The van der Waals surface area contributed by atoms with E-state index in [2.05, 4.69) is 16.4 Å². The molecule has 2 amide bonds. The van der Waals surface area contributed by atoms with Gasteiger partial charge in [-0.1, -0.05) is 48.0 Å². The second-order valence-electron chi connectivity index (χ2n) is 7.11. The van der Waals surface area contributed by atoms with E-state index in [4.69, 9.17) is 11.6 Å². The Morgan fingerprint density at radius 2 is 1.97 bits per heavy atom. The van der Waals surface area contributed by atoms with Gasteiger partial charge in [0.25, 0.3) is 0 Å². The second-order valence-corrected chi connectivity index (χ2v) is 8.52. The fourth-order valence-corrected chi connectivity index (χ4v) is 5.30. The Morgan fingerprint density at radius 3 is 2.76 bits per heavy atom. The highest BCUT2D eigenvalue weighted by molar-refractivity contribution is 7.99. The Kier molecular flexibility index (Phi) is 5.83. The van der Waals surface area contributed by atoms with Crippen LogP contribution in [0.5, 0.6) is 0 Å². The number of carbonyl (C=O) groups is 2. The lowest BCUT2D eigenvalue weighted by molar-refractivity contribution is -0.136. The first-order chi connectivity index (χ1) is 14.1. The zero-order valence-corrected chi connectivity index (χ0v) is 17.6. The van der Waals surface area contributed by atoms with Crippen molar-refractivity contribution < 1.29 is 9.59 Å². The van der Waals surface area contributed by atoms with E-state index in [1.165, 1.54) is 6.92 Å². The van der Waals surface area contributed by atoms with Crippen molar-refractivity contribution in [3.8, 4) is 0 Å². The van der Waals surface area contributed by atoms with Crippen LogP contribution in [0.1, 0.15) is 24.0 Å². The van der Waals surface area contributed by atoms with Crippen LogP contribution >= 0.6 is 23.4 Å². The molecule has 3 aromatic rings. The minimum atomic E-state index is -0.424. The number of amides is 2. The monoisotopic (exact) mass is 427 g/mol. The quantitative estimate of drug-likeness (QED) is 0.647. The van der Waals surface area contributed by atoms with Crippen molar-refractivity contribution in [2.45, 2.75) is 18.9 Å². The lowest BCUT2D eigenvalue weighted by Crippen LogP contribution is -2.47. The van der Waals surface area contributed by atoms with Gasteiger partial charge >= 0.3 is 0 Å². The van der Waals surface area contributed by atoms with Crippen LogP contribution in [0.3, 0.4) is 0 Å². The molecule has 0 aliphatic carbocycles. The lowest BCUT2D eigenvalue weighted by Gasteiger charge is -2.24. The number of hydrogen-bond donors (Lipinski definition) is 2. The zero-order chi connectivity index (χ0) is 20.4. The van der Waals surface area contributed by atoms with Crippen LogP contribution in [0.25, 0.3) is 10.9 Å². The van der Waals surface area contributed by atoms with Crippen molar-refractivity contribution in [1.82, 2.24) is 15.2 Å². The van der Waals surface area contributed by atoms with Crippen molar-refractivity contribution in [1.29, 1.82) is 0 Å². The van der Waals surface area contributed by atoms with Crippen LogP contribution in [-0.4, -0.2) is 45.9 Å². The van der Waals surface area contributed by atoms with Crippen molar-refractivity contribution >= 4 is 46.1 Å². The molecule has 150 valence electrons. The Labute approximate surface area is 178 Å². The molecule has 0 bridgehead atoms. The predicted molar refractivity (Wildman–Crippen MR) is 118 cm³/mol. The molecule has 4 rings (SSSR count). The number of nitrogens with one attached hydrogen (secondary N) is 2. The normalized spacial score (nSPS) is 17.4. The number of aromatic amines is 1. The van der Waals surface area contributed by atoms with Crippen LogP contribution in [0.15, 0.2) is 54.7 Å². The summed E-state index contributed by atoms with van der Waals surface area (Å²) in [5.74, 6) is 0.874. The summed E-state index contributed by atoms with van der Waals surface area (Å²) >= 11 is 8.11. The van der Waals surface area contributed by atoms with Gasteiger partial charge in [-0.25, -0.2) is 0 Å². The Balaban J connectivity index is 1.62. The number of nitrogens with zero attached hydrogens (tertiary/aromatic N) is 1. The molecule has 1 aliphatic rings. The molecule has 2 aromatic carbocycles. The van der Waals surface area contributed by atoms with Gasteiger partial charge in [-0.2, -0.15) is 0 Å². The average Bonchev–Trinajstić information content (AvgIpc) is 3.37. The Hall–Kier alpha value is -2.44. The molecule has 2 N–H and O–H groups in total. The van der Waals surface area contributed by atoms with Gasteiger partial charge in [-0.05, 0) is 23.3 Å². The Bertz CT molecular complexity index is 1050. The van der Waals surface area contributed by atoms with Gasteiger partial charge in [-0.15, -0.1) is 11.8 Å². The standard InChI is InChI=1S/C22H22ClN3O2S/c1-14(27)26-13-29-12-21(26)22(28)25-11-17(15-6-2-4-8-19(15)23)18-10-24-20-9-5-3-7-16(18)20/h2-10,17,21,24H,11-13H2,1H3,(H,25,28)/t17-,21-/m0/s1. The fraction of sp³-hybridized carbons (Fsp3) is 0.273. The molecule has 0 radical (unpaired) electrons. The number of carbonyl (C=O) groups excluding carboxylic acids is 2. The number of rotatable bonds is 5. The second kappa shape index (κ2) is 8.51. The van der Waals surface area contributed by atoms with Gasteiger partial charge < -0.3 is 15.2 Å². The summed E-state index contributed by atoms with van der Waals surface area (Å²) in [6.07, 6.45) is 1.98. The van der Waals surface area contributed by atoms with E-state index in [1.807, 2.05) is 48.7 Å². The number of H-pyrrole nitrogens is 1. The van der Waals surface area contributed by atoms with E-state index >= 15 is 0 Å². The molecule has 5 nitrogen and oxygen atoms in total. The van der Waals surface area contributed by atoms with Crippen LogP contribution in [0, 0.1) is 0 Å². The van der Waals surface area contributed by atoms with Gasteiger partial charge in [0.05, 0.1) is 5.88 Å². The van der Waals surface area contributed by atoms with E-state index < -0.39 is 6.04 Å². The van der Waals surface area contributed by atoms with Gasteiger partial charge in [-0.3, -0.25) is 9.59 Å². The van der Waals surface area contributed by atoms with Crippen LogP contribution in [0.4, 0.5) is 0 Å². The molecule has 1 aliphatic heterocycles. The first kappa shape index (κ1) is 19.9. The largest absolute Gasteiger partial charge is 0.361 e. The smallest absolute Gasteiger partial charge is 0.243 e. The van der Waals surface area contributed by atoms with Gasteiger partial charge in [0.15, 0.2) is 0 Å². The summed E-state index contributed by atoms with van der Waals surface area (Å²) in [7, 11) is 0. The maximum absolute atomic E-state index is 12.9. The molecule has 7 heteroatoms. The SMILES string of the molecule is CC(=O)N1CSC[C@H]1C(=O)NC[C@@H](c1ccccc1Cl)c1c[nH]c2ccccc12. The molecule has 1 saturated heterocycles. The molecule has 29 heavy (non-hydrogen) atoms. The molecule has 1 aromatic heterocycles. The number of para-hydroxylation sites is 1. The first-order valence-corrected chi connectivity index (χ1v) is 11.0. The van der Waals surface area contributed by atoms with Crippen molar-refractivity contribution in [2.75, 3.05) is 18.2 Å². The molecule has 2 atom stereocenters. The van der Waals surface area contributed by atoms with E-state index in [9.17, 15) is 9.59 Å². The minimum Gasteiger partial charge on any atom is -0.361 e. The van der Waals surface area contributed by atoms with Crippen LogP contribution < -0.4 is 5.32 Å². The van der Waals surface area contributed by atoms with E-state index in [0.717, 1.165) is 22.0 Å². The molecular weight excluding hydrogens is 406 g/mol. The predicted octanol–water partition coefficient (Wildman–Crippen LogP) is 3.99. The number of halogens is 1. The number of fused-ring (bicyclic) bond motifs is 1. The maximum atomic E-state index is 12.9. The van der Waals surface area contributed by atoms with Crippen molar-refractivity contribution in [3.05, 3.63) is 70.9 Å². The molecule has 2 heterocycles. The summed E-state index contributed by atoms with van der Waals surface area (Å²) in [6.45, 7) is 1.90. The van der Waals surface area contributed by atoms with E-state index in [-0.39, 0.29) is 17.7 Å². The van der Waals surface area contributed by atoms with Gasteiger partial charge in [0, 0.05) is 47.3 Å². The lowest BCUT2D eigenvalue weighted by atomic mass is 9.90. The molecular formula is C22H22ClN3O2S. The van der Waals surface area contributed by atoms with Gasteiger partial charge in [0.1, 0.15) is 6.04 Å². The summed E-state index contributed by atoms with van der Waals surface area (Å²) in [5.41, 5.74) is 3.09. The number of benzene rings is 2. The summed E-state index contributed by atoms with van der Waals surface area (Å²) < 4.78 is 0. The summed E-state index contributed by atoms with van der Waals surface area (Å²) in [4.78, 5) is 29.6. The molecule has 0 spiro atoms. The molecule has 0 unspecified atom stereocenters. The summed E-state index contributed by atoms with van der Waals surface area (Å²) in [5, 5.41) is 4.84.